The van der Waals surface area contributed by atoms with Crippen molar-refractivity contribution >= 4 is 17.2 Å². The van der Waals surface area contributed by atoms with Gasteiger partial charge in [0.25, 0.3) is 0 Å². The summed E-state index contributed by atoms with van der Waals surface area (Å²) in [6, 6.07) is 7.75. The number of rotatable bonds is 5. The highest BCUT2D eigenvalue weighted by atomic mass is 32.1. The minimum atomic E-state index is -0.418. The Morgan fingerprint density at radius 2 is 2.12 bits per heavy atom. The molecule has 0 radical (unpaired) electrons. The Morgan fingerprint density at radius 3 is 2.79 bits per heavy atom. The number of aromatic nitrogens is 1. The number of nitrogens with two attached hydrogens (primary N) is 1. The van der Waals surface area contributed by atoms with Gasteiger partial charge in [0.05, 0.1) is 5.69 Å². The van der Waals surface area contributed by atoms with E-state index in [1.807, 2.05) is 12.1 Å². The van der Waals surface area contributed by atoms with Gasteiger partial charge >= 0.3 is 0 Å². The molecular formula is C18H23N3O2S. The first-order chi connectivity index (χ1) is 11.6. The number of amides is 1. The van der Waals surface area contributed by atoms with Gasteiger partial charge in [0.15, 0.2) is 0 Å². The van der Waals surface area contributed by atoms with Crippen molar-refractivity contribution in [3.63, 3.8) is 0 Å². The molecule has 2 atom stereocenters. The summed E-state index contributed by atoms with van der Waals surface area (Å²) in [5.41, 5.74) is 7.83. The number of hydrogen-bond acceptors (Lipinski definition) is 5. The molecule has 1 amide bonds. The van der Waals surface area contributed by atoms with Gasteiger partial charge < -0.3 is 10.8 Å². The van der Waals surface area contributed by atoms with Crippen molar-refractivity contribution in [2.45, 2.75) is 32.4 Å². The van der Waals surface area contributed by atoms with Gasteiger partial charge in [-0.3, -0.25) is 9.69 Å². The van der Waals surface area contributed by atoms with E-state index in [1.165, 1.54) is 0 Å². The zero-order valence-corrected chi connectivity index (χ0v) is 14.6. The molecule has 24 heavy (non-hydrogen) atoms. The third kappa shape index (κ3) is 3.83. The number of carbonyl (C=O) groups excluding carboxylic acids is 1. The third-order valence-electron chi connectivity index (χ3n) is 4.70. The van der Waals surface area contributed by atoms with Gasteiger partial charge in [-0.25, -0.2) is 4.98 Å². The number of aliphatic hydroxyl groups excluding tert-OH is 1. The van der Waals surface area contributed by atoms with Crippen LogP contribution in [0, 0.1) is 5.92 Å². The molecule has 3 N–H and O–H groups in total. The van der Waals surface area contributed by atoms with Gasteiger partial charge in [-0.15, -0.1) is 11.3 Å². The number of primary amides is 1. The first-order valence-corrected chi connectivity index (χ1v) is 9.14. The number of hydrogen-bond donors (Lipinski definition) is 2. The van der Waals surface area contributed by atoms with E-state index >= 15 is 0 Å². The lowest BCUT2D eigenvalue weighted by Gasteiger charge is -2.36. The van der Waals surface area contributed by atoms with E-state index in [2.05, 4.69) is 17.2 Å². The fraction of sp³-hybridized carbons (Fsp3) is 0.444. The molecule has 128 valence electrons. The Morgan fingerprint density at radius 1 is 1.38 bits per heavy atom. The van der Waals surface area contributed by atoms with Crippen LogP contribution >= 0.6 is 11.3 Å². The second-order valence-electron chi connectivity index (χ2n) is 6.49. The van der Waals surface area contributed by atoms with E-state index < -0.39 is 5.91 Å². The highest BCUT2D eigenvalue weighted by Gasteiger charge is 2.25. The maximum Gasteiger partial charge on any atom is 0.248 e. The topological polar surface area (TPSA) is 79.5 Å². The lowest BCUT2D eigenvalue weighted by atomic mass is 9.94. The summed E-state index contributed by atoms with van der Waals surface area (Å²) in [5.74, 6) is -0.0421. The van der Waals surface area contributed by atoms with Crippen molar-refractivity contribution in [1.82, 2.24) is 9.88 Å². The van der Waals surface area contributed by atoms with Crippen molar-refractivity contribution in [3.8, 4) is 10.6 Å². The van der Waals surface area contributed by atoms with Crippen LogP contribution in [0.5, 0.6) is 0 Å². The van der Waals surface area contributed by atoms with Crippen LogP contribution in [0.1, 0.15) is 35.8 Å². The zero-order chi connectivity index (χ0) is 17.1. The number of benzene rings is 1. The van der Waals surface area contributed by atoms with E-state index in [9.17, 15) is 9.90 Å². The largest absolute Gasteiger partial charge is 0.396 e. The van der Waals surface area contributed by atoms with E-state index in [-0.39, 0.29) is 6.61 Å². The number of aliphatic hydroxyl groups is 1. The number of likely N-dealkylation sites (tertiary alicyclic amines) is 1. The van der Waals surface area contributed by atoms with Crippen LogP contribution in [0.15, 0.2) is 29.6 Å². The summed E-state index contributed by atoms with van der Waals surface area (Å²) in [5, 5.41) is 12.4. The minimum Gasteiger partial charge on any atom is -0.396 e. The Kier molecular flexibility index (Phi) is 5.28. The van der Waals surface area contributed by atoms with Crippen molar-refractivity contribution < 1.29 is 9.90 Å². The van der Waals surface area contributed by atoms with Gasteiger partial charge in [0.1, 0.15) is 5.01 Å². The average Bonchev–Trinajstić information content (AvgIpc) is 3.05. The quantitative estimate of drug-likeness (QED) is 0.873. The molecule has 1 aromatic heterocycles. The van der Waals surface area contributed by atoms with E-state index in [1.54, 1.807) is 23.5 Å². The van der Waals surface area contributed by atoms with Crippen LogP contribution in [0.4, 0.5) is 0 Å². The SMILES string of the molecule is C[C@@H]1CC[C@H](CO)CN1Cc1csc(-c2ccc(C(N)=O)cc2)n1. The van der Waals surface area contributed by atoms with Crippen LogP contribution in [0.25, 0.3) is 10.6 Å². The van der Waals surface area contributed by atoms with Crippen LogP contribution in [-0.2, 0) is 6.54 Å². The fourth-order valence-electron chi connectivity index (χ4n) is 3.13. The average molecular weight is 345 g/mol. The zero-order valence-electron chi connectivity index (χ0n) is 13.8. The minimum absolute atomic E-state index is 0.262. The van der Waals surface area contributed by atoms with Gasteiger partial charge in [-0.1, -0.05) is 12.1 Å². The molecule has 5 nitrogen and oxygen atoms in total. The first-order valence-electron chi connectivity index (χ1n) is 8.26. The summed E-state index contributed by atoms with van der Waals surface area (Å²) < 4.78 is 0. The van der Waals surface area contributed by atoms with E-state index in [0.29, 0.717) is 17.5 Å². The van der Waals surface area contributed by atoms with Gasteiger partial charge in [0.2, 0.25) is 5.91 Å². The molecule has 3 rings (SSSR count). The highest BCUT2D eigenvalue weighted by Crippen LogP contribution is 2.27. The third-order valence-corrected chi connectivity index (χ3v) is 5.64. The van der Waals surface area contributed by atoms with E-state index in [4.69, 9.17) is 10.7 Å². The normalized spacial score (nSPS) is 21.8. The number of nitrogens with zero attached hydrogens (tertiary/aromatic N) is 2. The molecule has 0 unspecified atom stereocenters. The first kappa shape index (κ1) is 17.1. The Labute approximate surface area is 146 Å². The molecule has 6 heteroatoms. The molecule has 1 aliphatic heterocycles. The van der Waals surface area contributed by atoms with Crippen molar-refractivity contribution in [3.05, 3.63) is 40.9 Å². The van der Waals surface area contributed by atoms with Crippen LogP contribution in [0.3, 0.4) is 0 Å². The summed E-state index contributed by atoms with van der Waals surface area (Å²) in [6.45, 7) is 4.24. The molecule has 1 aliphatic rings. The van der Waals surface area contributed by atoms with Gasteiger partial charge in [-0.2, -0.15) is 0 Å². The molecule has 1 aromatic carbocycles. The number of thiazole rings is 1. The lowest BCUT2D eigenvalue weighted by molar-refractivity contribution is 0.0763. The molecule has 1 saturated heterocycles. The fourth-order valence-corrected chi connectivity index (χ4v) is 3.95. The summed E-state index contributed by atoms with van der Waals surface area (Å²) in [6.07, 6.45) is 2.22. The molecule has 0 saturated carbocycles. The predicted molar refractivity (Wildman–Crippen MR) is 95.7 cm³/mol. The van der Waals surface area contributed by atoms with Crippen LogP contribution < -0.4 is 5.73 Å². The molecule has 1 fully saturated rings. The summed E-state index contributed by atoms with van der Waals surface area (Å²) in [4.78, 5) is 18.3. The molecule has 2 heterocycles. The standard InChI is InChI=1S/C18H23N3O2S/c1-12-2-3-13(10-22)8-21(12)9-16-11-24-18(20-16)15-6-4-14(5-7-15)17(19)23/h4-7,11-13,22H,2-3,8-10H2,1H3,(H2,19,23)/t12-,13+/m1/s1. The second-order valence-corrected chi connectivity index (χ2v) is 7.35. The monoisotopic (exact) mass is 345 g/mol. The van der Waals surface area contributed by atoms with Gasteiger partial charge in [0, 0.05) is 42.2 Å². The van der Waals surface area contributed by atoms with E-state index in [0.717, 1.165) is 42.2 Å². The van der Waals surface area contributed by atoms with Crippen LogP contribution in [0.2, 0.25) is 0 Å². The molecule has 0 bridgehead atoms. The smallest absolute Gasteiger partial charge is 0.248 e. The van der Waals surface area contributed by atoms with Crippen molar-refractivity contribution in [2.75, 3.05) is 13.2 Å². The van der Waals surface area contributed by atoms with Crippen molar-refractivity contribution in [2.24, 2.45) is 11.7 Å². The Hall–Kier alpha value is -1.76. The maximum atomic E-state index is 11.1. The van der Waals surface area contributed by atoms with Gasteiger partial charge in [-0.05, 0) is 37.8 Å². The molecular weight excluding hydrogens is 322 g/mol. The number of piperidine rings is 1. The second kappa shape index (κ2) is 7.42. The predicted octanol–water partition coefficient (Wildman–Crippen LogP) is 2.50. The lowest BCUT2D eigenvalue weighted by Crippen LogP contribution is -2.42. The Bertz CT molecular complexity index is 699. The van der Waals surface area contributed by atoms with Crippen LogP contribution in [-0.4, -0.2) is 40.1 Å². The summed E-state index contributed by atoms with van der Waals surface area (Å²) in [7, 11) is 0. The Balaban J connectivity index is 1.70. The van der Waals surface area contributed by atoms with Crippen molar-refractivity contribution in [1.29, 1.82) is 0 Å². The maximum absolute atomic E-state index is 11.1. The summed E-state index contributed by atoms with van der Waals surface area (Å²) >= 11 is 1.61. The molecule has 0 spiro atoms. The molecule has 2 aromatic rings. The number of carbonyl (C=O) groups is 1. The molecule has 0 aliphatic carbocycles. The highest BCUT2D eigenvalue weighted by molar-refractivity contribution is 7.13.